The maximum atomic E-state index is 14.3. The highest BCUT2D eigenvalue weighted by Gasteiger charge is 2.28. The van der Waals surface area contributed by atoms with Crippen molar-refractivity contribution in [3.05, 3.63) is 89.1 Å². The molecule has 2 heterocycles. The minimum absolute atomic E-state index is 0.0798. The van der Waals surface area contributed by atoms with Gasteiger partial charge in [0.05, 0.1) is 21.9 Å². The van der Waals surface area contributed by atoms with Gasteiger partial charge in [-0.25, -0.2) is 9.18 Å². The van der Waals surface area contributed by atoms with Crippen molar-refractivity contribution in [3.63, 3.8) is 0 Å². The van der Waals surface area contributed by atoms with Crippen molar-refractivity contribution in [2.24, 2.45) is 0 Å². The van der Waals surface area contributed by atoms with E-state index in [2.05, 4.69) is 0 Å². The van der Waals surface area contributed by atoms with Crippen LogP contribution in [-0.4, -0.2) is 51.4 Å². The van der Waals surface area contributed by atoms with Crippen molar-refractivity contribution >= 4 is 35.0 Å². The summed E-state index contributed by atoms with van der Waals surface area (Å²) in [5, 5.41) is 21.2. The summed E-state index contributed by atoms with van der Waals surface area (Å²) in [5.74, 6) is -0.498. The van der Waals surface area contributed by atoms with Crippen molar-refractivity contribution in [1.29, 1.82) is 0 Å². The van der Waals surface area contributed by atoms with Crippen LogP contribution in [0.1, 0.15) is 28.8 Å². The Kier molecular flexibility index (Phi) is 8.38. The van der Waals surface area contributed by atoms with E-state index in [9.17, 15) is 19.1 Å². The summed E-state index contributed by atoms with van der Waals surface area (Å²) in [7, 11) is 0. The second-order valence-corrected chi connectivity index (χ2v) is 10.6. The molecule has 1 aliphatic rings. The highest BCUT2D eigenvalue weighted by molar-refractivity contribution is 8.01. The molecule has 5 nitrogen and oxygen atoms in total. The number of carboxylic acids is 1. The van der Waals surface area contributed by atoms with Gasteiger partial charge in [0.1, 0.15) is 5.82 Å². The number of halogens is 1. The van der Waals surface area contributed by atoms with Crippen LogP contribution in [0.5, 0.6) is 0 Å². The smallest absolute Gasteiger partial charge is 0.336 e. The number of aromatic carboxylic acids is 1. The Labute approximate surface area is 211 Å². The van der Waals surface area contributed by atoms with Crippen LogP contribution >= 0.6 is 23.1 Å². The Morgan fingerprint density at radius 2 is 2.03 bits per heavy atom. The molecule has 1 aromatic heterocycles. The molecule has 35 heavy (non-hydrogen) atoms. The summed E-state index contributed by atoms with van der Waals surface area (Å²) in [5.41, 5.74) is 2.40. The molecule has 2 aromatic carbocycles. The SMILES string of the molecule is O=C(O)c1csc(SCCN2C(=O)CC[C@@H]2/C=C/[C@@H](O)Cc2ccc(F)c(-c3ccccc3)c2)c1. The average molecular weight is 512 g/mol. The summed E-state index contributed by atoms with van der Waals surface area (Å²) in [4.78, 5) is 25.2. The van der Waals surface area contributed by atoms with E-state index in [4.69, 9.17) is 5.11 Å². The van der Waals surface area contributed by atoms with Crippen LogP contribution < -0.4 is 0 Å². The van der Waals surface area contributed by atoms with Gasteiger partial charge in [0.15, 0.2) is 0 Å². The molecular weight excluding hydrogens is 485 g/mol. The number of carbonyl (C=O) groups is 2. The fourth-order valence-electron chi connectivity index (χ4n) is 4.10. The van der Waals surface area contributed by atoms with Crippen LogP contribution in [0.2, 0.25) is 0 Å². The summed E-state index contributed by atoms with van der Waals surface area (Å²) in [6.45, 7) is 0.549. The number of thiophene rings is 1. The Balaban J connectivity index is 1.33. The molecular formula is C27H26FNO4S2. The van der Waals surface area contributed by atoms with Crippen molar-refractivity contribution in [1.82, 2.24) is 4.90 Å². The van der Waals surface area contributed by atoms with Crippen molar-refractivity contribution in [2.45, 2.75) is 35.6 Å². The van der Waals surface area contributed by atoms with E-state index in [1.165, 1.54) is 29.2 Å². The largest absolute Gasteiger partial charge is 0.478 e. The Morgan fingerprint density at radius 3 is 2.77 bits per heavy atom. The topological polar surface area (TPSA) is 77.8 Å². The monoisotopic (exact) mass is 511 g/mol. The average Bonchev–Trinajstić information content (AvgIpc) is 3.47. The van der Waals surface area contributed by atoms with Crippen LogP contribution in [0, 0.1) is 5.82 Å². The second-order valence-electron chi connectivity index (χ2n) is 8.34. The Hall–Kier alpha value is -2.94. The summed E-state index contributed by atoms with van der Waals surface area (Å²) in [6.07, 6.45) is 4.36. The van der Waals surface area contributed by atoms with Crippen molar-refractivity contribution in [3.8, 4) is 11.1 Å². The molecule has 0 aliphatic carbocycles. The molecule has 4 rings (SSSR count). The lowest BCUT2D eigenvalue weighted by molar-refractivity contribution is -0.128. The van der Waals surface area contributed by atoms with Gasteiger partial charge in [-0.15, -0.1) is 23.1 Å². The number of carbonyl (C=O) groups excluding carboxylic acids is 1. The first kappa shape index (κ1) is 25.2. The lowest BCUT2D eigenvalue weighted by Gasteiger charge is -2.22. The van der Waals surface area contributed by atoms with Crippen LogP contribution in [0.4, 0.5) is 4.39 Å². The fourth-order valence-corrected chi connectivity index (χ4v) is 6.07. The maximum Gasteiger partial charge on any atom is 0.336 e. The molecule has 0 radical (unpaired) electrons. The van der Waals surface area contributed by atoms with E-state index in [1.807, 2.05) is 41.3 Å². The van der Waals surface area contributed by atoms with E-state index in [0.29, 0.717) is 37.1 Å². The molecule has 1 aliphatic heterocycles. The predicted molar refractivity (Wildman–Crippen MR) is 137 cm³/mol. The van der Waals surface area contributed by atoms with Gasteiger partial charge in [-0.3, -0.25) is 4.79 Å². The third kappa shape index (κ3) is 6.60. The predicted octanol–water partition coefficient (Wildman–Crippen LogP) is 5.50. The van der Waals surface area contributed by atoms with E-state index >= 15 is 0 Å². The molecule has 182 valence electrons. The lowest BCUT2D eigenvalue weighted by Crippen LogP contribution is -2.33. The number of likely N-dealkylation sites (tertiary alicyclic amines) is 1. The summed E-state index contributed by atoms with van der Waals surface area (Å²) in [6, 6.07) is 15.8. The Morgan fingerprint density at radius 1 is 1.23 bits per heavy atom. The number of nitrogens with zero attached hydrogens (tertiary/aromatic N) is 1. The number of thioether (sulfide) groups is 1. The number of hydrogen-bond donors (Lipinski definition) is 2. The van der Waals surface area contributed by atoms with Crippen LogP contribution in [-0.2, 0) is 11.2 Å². The molecule has 0 saturated carbocycles. The van der Waals surface area contributed by atoms with Gasteiger partial charge in [-0.05, 0) is 35.7 Å². The molecule has 1 amide bonds. The molecule has 2 N–H and O–H groups in total. The zero-order valence-corrected chi connectivity index (χ0v) is 20.6. The van der Waals surface area contributed by atoms with E-state index < -0.39 is 12.1 Å². The normalized spacial score (nSPS) is 16.8. The van der Waals surface area contributed by atoms with Crippen LogP contribution in [0.3, 0.4) is 0 Å². The van der Waals surface area contributed by atoms with E-state index in [1.54, 1.807) is 29.7 Å². The van der Waals surface area contributed by atoms with Crippen molar-refractivity contribution < 1.29 is 24.2 Å². The minimum Gasteiger partial charge on any atom is -0.478 e. The maximum absolute atomic E-state index is 14.3. The number of benzene rings is 2. The molecule has 1 saturated heterocycles. The second kappa shape index (κ2) is 11.7. The summed E-state index contributed by atoms with van der Waals surface area (Å²) < 4.78 is 15.2. The molecule has 3 aromatic rings. The molecule has 8 heteroatoms. The number of carboxylic acid groups (broad SMARTS) is 1. The van der Waals surface area contributed by atoms with Crippen LogP contribution in [0.15, 0.2) is 76.3 Å². The standard InChI is InChI=1S/C27H26FNO4S2/c28-24-10-6-18(15-23(24)19-4-2-1-3-5-19)14-22(30)9-7-21-8-11-25(31)29(21)12-13-34-26-16-20(17-35-26)27(32)33/h1-7,9-10,15-17,21-22,30H,8,11-14H2,(H,32,33)/b9-7+/t21-,22+/m0/s1. The molecule has 0 spiro atoms. The first-order valence-corrected chi connectivity index (χ1v) is 13.2. The third-order valence-corrected chi connectivity index (χ3v) is 8.04. The third-order valence-electron chi connectivity index (χ3n) is 5.89. The minimum atomic E-state index is -0.941. The first-order valence-electron chi connectivity index (χ1n) is 11.3. The van der Waals surface area contributed by atoms with Gasteiger partial charge in [-0.1, -0.05) is 48.6 Å². The fraction of sp³-hybridized carbons (Fsp3) is 0.259. The van der Waals surface area contributed by atoms with Gasteiger partial charge in [-0.2, -0.15) is 0 Å². The number of amides is 1. The van der Waals surface area contributed by atoms with Gasteiger partial charge in [0.25, 0.3) is 0 Å². The summed E-state index contributed by atoms with van der Waals surface area (Å²) >= 11 is 2.92. The molecule has 1 fully saturated rings. The zero-order chi connectivity index (χ0) is 24.8. The molecule has 0 unspecified atom stereocenters. The van der Waals surface area contributed by atoms with Gasteiger partial charge < -0.3 is 15.1 Å². The highest BCUT2D eigenvalue weighted by Crippen LogP contribution is 2.28. The number of aliphatic hydroxyl groups excluding tert-OH is 1. The zero-order valence-electron chi connectivity index (χ0n) is 19.0. The highest BCUT2D eigenvalue weighted by atomic mass is 32.2. The molecule has 0 bridgehead atoms. The van der Waals surface area contributed by atoms with Crippen molar-refractivity contribution in [2.75, 3.05) is 12.3 Å². The van der Waals surface area contributed by atoms with Crippen LogP contribution in [0.25, 0.3) is 11.1 Å². The number of hydrogen-bond acceptors (Lipinski definition) is 5. The molecule has 2 atom stereocenters. The van der Waals surface area contributed by atoms with E-state index in [0.717, 1.165) is 15.3 Å². The first-order chi connectivity index (χ1) is 16.9. The quantitative estimate of drug-likeness (QED) is 0.278. The Bertz CT molecular complexity index is 1210. The number of rotatable bonds is 10. The van der Waals surface area contributed by atoms with Gasteiger partial charge in [0.2, 0.25) is 5.91 Å². The van der Waals surface area contributed by atoms with Gasteiger partial charge >= 0.3 is 5.97 Å². The van der Waals surface area contributed by atoms with Gasteiger partial charge in [0, 0.05) is 36.1 Å². The number of aliphatic hydroxyl groups is 1. The van der Waals surface area contributed by atoms with E-state index in [-0.39, 0.29) is 23.3 Å². The lowest BCUT2D eigenvalue weighted by atomic mass is 9.99.